The lowest BCUT2D eigenvalue weighted by atomic mass is 9.96. The second-order valence-corrected chi connectivity index (χ2v) is 8.86. The standard InChI is InChI=1S/C24H31NO4.C8H9NO2.ClH/c1-5-26-21-10-9-17(14-22(21)27-6-2)13-20-19-16-24(29-8-4)23(28-7-3)15-18(19)11-12-25-20;1-6(10)9-7-2-4-8(11)5-3-7;/h9-10,13-16,25H,5-8,11-12H2,1-4H3;2-5,11H,1H3,(H,9,10);1H/b20-13-;;. The summed E-state index contributed by atoms with van der Waals surface area (Å²) in [6.45, 7) is 12.7. The number of hydrogen-bond donors (Lipinski definition) is 3. The molecule has 222 valence electrons. The highest BCUT2D eigenvalue weighted by Crippen LogP contribution is 2.37. The SMILES string of the molecule is CC(=O)Nc1ccc(O)cc1.CCOc1ccc(/C=C2\NCCc3cc(OCC)c(OCC)cc32)cc1OCC.Cl. The van der Waals surface area contributed by atoms with E-state index >= 15 is 0 Å². The van der Waals surface area contributed by atoms with E-state index in [0.717, 1.165) is 52.8 Å². The Labute approximate surface area is 249 Å². The molecule has 1 aliphatic heterocycles. The van der Waals surface area contributed by atoms with E-state index in [2.05, 4.69) is 34.9 Å². The van der Waals surface area contributed by atoms with Crippen LogP contribution in [0.15, 0.2) is 54.6 Å². The molecule has 0 atom stereocenters. The number of hydrogen-bond acceptors (Lipinski definition) is 7. The van der Waals surface area contributed by atoms with Gasteiger partial charge in [-0.05, 0) is 99.8 Å². The van der Waals surface area contributed by atoms with Crippen LogP contribution in [0.3, 0.4) is 0 Å². The van der Waals surface area contributed by atoms with Crippen molar-refractivity contribution in [2.45, 2.75) is 41.0 Å². The predicted octanol–water partition coefficient (Wildman–Crippen LogP) is 6.70. The largest absolute Gasteiger partial charge is 0.508 e. The van der Waals surface area contributed by atoms with E-state index in [9.17, 15) is 4.79 Å². The summed E-state index contributed by atoms with van der Waals surface area (Å²) in [5.41, 5.74) is 5.23. The summed E-state index contributed by atoms with van der Waals surface area (Å²) in [6.07, 6.45) is 3.10. The van der Waals surface area contributed by atoms with Gasteiger partial charge in [0.05, 0.1) is 26.4 Å². The first kappa shape index (κ1) is 33.2. The van der Waals surface area contributed by atoms with E-state index in [0.29, 0.717) is 32.1 Å². The molecule has 1 aliphatic rings. The van der Waals surface area contributed by atoms with Crippen molar-refractivity contribution in [3.63, 3.8) is 0 Å². The molecule has 0 aromatic heterocycles. The molecule has 8 nitrogen and oxygen atoms in total. The van der Waals surface area contributed by atoms with Gasteiger partial charge in [-0.3, -0.25) is 4.79 Å². The monoisotopic (exact) mass is 584 g/mol. The van der Waals surface area contributed by atoms with Crippen LogP contribution < -0.4 is 29.6 Å². The fraction of sp³-hybridized carbons (Fsp3) is 0.344. The van der Waals surface area contributed by atoms with Crippen molar-refractivity contribution in [3.8, 4) is 28.7 Å². The van der Waals surface area contributed by atoms with Gasteiger partial charge in [0.25, 0.3) is 0 Å². The molecule has 0 aliphatic carbocycles. The summed E-state index contributed by atoms with van der Waals surface area (Å²) in [6, 6.07) is 16.5. The van der Waals surface area contributed by atoms with Gasteiger partial charge in [-0.1, -0.05) is 6.07 Å². The van der Waals surface area contributed by atoms with Crippen LogP contribution in [0.25, 0.3) is 11.8 Å². The fourth-order valence-electron chi connectivity index (χ4n) is 4.22. The lowest BCUT2D eigenvalue weighted by molar-refractivity contribution is -0.114. The van der Waals surface area contributed by atoms with E-state index in [1.54, 1.807) is 12.1 Å². The number of phenolic OH excluding ortho intramolecular Hbond substituents is 1. The first-order valence-electron chi connectivity index (χ1n) is 13.7. The number of amides is 1. The highest BCUT2D eigenvalue weighted by molar-refractivity contribution is 5.88. The number of carbonyl (C=O) groups excluding carboxylic acids is 1. The summed E-state index contributed by atoms with van der Waals surface area (Å²) in [4.78, 5) is 10.5. The maximum absolute atomic E-state index is 10.5. The molecular weight excluding hydrogens is 544 g/mol. The van der Waals surface area contributed by atoms with E-state index in [1.807, 2.05) is 39.8 Å². The van der Waals surface area contributed by atoms with Crippen molar-refractivity contribution in [1.82, 2.24) is 5.32 Å². The van der Waals surface area contributed by atoms with E-state index < -0.39 is 0 Å². The van der Waals surface area contributed by atoms with Crippen molar-refractivity contribution in [3.05, 3.63) is 71.3 Å². The zero-order valence-corrected chi connectivity index (χ0v) is 25.2. The van der Waals surface area contributed by atoms with Gasteiger partial charge in [-0.2, -0.15) is 0 Å². The average molecular weight is 585 g/mol. The molecule has 4 rings (SSSR count). The Balaban J connectivity index is 0.000000413. The lowest BCUT2D eigenvalue weighted by Gasteiger charge is -2.24. The number of halogens is 1. The summed E-state index contributed by atoms with van der Waals surface area (Å²) in [5, 5.41) is 15.0. The molecule has 1 amide bonds. The quantitative estimate of drug-likeness (QED) is 0.228. The topological polar surface area (TPSA) is 98.3 Å². The minimum Gasteiger partial charge on any atom is -0.508 e. The van der Waals surface area contributed by atoms with Crippen molar-refractivity contribution in [1.29, 1.82) is 0 Å². The van der Waals surface area contributed by atoms with Crippen LogP contribution in [0.1, 0.15) is 51.3 Å². The third-order valence-electron chi connectivity index (χ3n) is 5.84. The van der Waals surface area contributed by atoms with Crippen LogP contribution in [0.2, 0.25) is 0 Å². The molecule has 0 saturated heterocycles. The van der Waals surface area contributed by atoms with E-state index in [-0.39, 0.29) is 24.1 Å². The average Bonchev–Trinajstić information content (AvgIpc) is 2.93. The second kappa shape index (κ2) is 16.9. The Morgan fingerprint density at radius 2 is 1.39 bits per heavy atom. The van der Waals surface area contributed by atoms with Gasteiger partial charge in [-0.25, -0.2) is 0 Å². The van der Waals surface area contributed by atoms with Crippen LogP contribution >= 0.6 is 12.4 Å². The molecule has 0 spiro atoms. The summed E-state index contributed by atoms with van der Waals surface area (Å²) >= 11 is 0. The number of carbonyl (C=O) groups is 1. The Morgan fingerprint density at radius 1 is 0.829 bits per heavy atom. The van der Waals surface area contributed by atoms with Gasteiger partial charge < -0.3 is 34.7 Å². The van der Waals surface area contributed by atoms with E-state index in [4.69, 9.17) is 24.1 Å². The molecule has 0 bridgehead atoms. The molecular formula is C32H41ClN2O6. The Morgan fingerprint density at radius 3 is 1.98 bits per heavy atom. The maximum Gasteiger partial charge on any atom is 0.221 e. The molecule has 1 heterocycles. The fourth-order valence-corrected chi connectivity index (χ4v) is 4.22. The molecule has 0 saturated carbocycles. The molecule has 3 aromatic carbocycles. The highest BCUT2D eigenvalue weighted by atomic mass is 35.5. The zero-order valence-electron chi connectivity index (χ0n) is 24.4. The molecule has 3 N–H and O–H groups in total. The Kier molecular flexibility index (Phi) is 13.7. The smallest absolute Gasteiger partial charge is 0.221 e. The van der Waals surface area contributed by atoms with Crippen molar-refractivity contribution in [2.75, 3.05) is 38.3 Å². The van der Waals surface area contributed by atoms with Gasteiger partial charge in [0, 0.05) is 30.4 Å². The number of nitrogens with one attached hydrogen (secondary N) is 2. The highest BCUT2D eigenvalue weighted by Gasteiger charge is 2.19. The third-order valence-corrected chi connectivity index (χ3v) is 5.84. The van der Waals surface area contributed by atoms with Crippen molar-refractivity contribution >= 4 is 35.8 Å². The van der Waals surface area contributed by atoms with Crippen LogP contribution in [0.4, 0.5) is 5.69 Å². The zero-order chi connectivity index (χ0) is 28.9. The Bertz CT molecular complexity index is 1290. The van der Waals surface area contributed by atoms with Crippen LogP contribution in [-0.2, 0) is 11.2 Å². The summed E-state index contributed by atoms with van der Waals surface area (Å²) < 4.78 is 23.1. The summed E-state index contributed by atoms with van der Waals surface area (Å²) in [7, 11) is 0. The molecule has 3 aromatic rings. The van der Waals surface area contributed by atoms with Crippen LogP contribution in [0.5, 0.6) is 28.7 Å². The lowest BCUT2D eigenvalue weighted by Crippen LogP contribution is -2.22. The number of anilines is 1. The van der Waals surface area contributed by atoms with Crippen molar-refractivity contribution < 1.29 is 28.8 Å². The number of phenols is 1. The minimum atomic E-state index is -0.115. The van der Waals surface area contributed by atoms with Crippen LogP contribution in [0, 0.1) is 0 Å². The number of fused-ring (bicyclic) bond motifs is 1. The van der Waals surface area contributed by atoms with Gasteiger partial charge in [0.15, 0.2) is 23.0 Å². The Hall–Kier alpha value is -4.04. The minimum absolute atomic E-state index is 0. The predicted molar refractivity (Wildman–Crippen MR) is 167 cm³/mol. The molecule has 9 heteroatoms. The number of aromatic hydroxyl groups is 1. The van der Waals surface area contributed by atoms with Gasteiger partial charge in [0.2, 0.25) is 5.91 Å². The number of benzene rings is 3. The van der Waals surface area contributed by atoms with Crippen molar-refractivity contribution in [2.24, 2.45) is 0 Å². The molecule has 0 radical (unpaired) electrons. The number of ether oxygens (including phenoxy) is 4. The first-order chi connectivity index (χ1) is 19.4. The molecule has 41 heavy (non-hydrogen) atoms. The molecule has 0 fully saturated rings. The third kappa shape index (κ3) is 9.83. The first-order valence-corrected chi connectivity index (χ1v) is 13.7. The molecule has 0 unspecified atom stereocenters. The van der Waals surface area contributed by atoms with Gasteiger partial charge in [0.1, 0.15) is 5.75 Å². The maximum atomic E-state index is 10.5. The summed E-state index contributed by atoms with van der Waals surface area (Å²) in [5.74, 6) is 3.21. The van der Waals surface area contributed by atoms with E-state index in [1.165, 1.54) is 24.6 Å². The normalized spacial score (nSPS) is 12.5. The second-order valence-electron chi connectivity index (χ2n) is 8.86. The van der Waals surface area contributed by atoms with Gasteiger partial charge >= 0.3 is 0 Å². The number of rotatable bonds is 10. The van der Waals surface area contributed by atoms with Crippen LogP contribution in [-0.4, -0.2) is 44.0 Å². The van der Waals surface area contributed by atoms with Gasteiger partial charge in [-0.15, -0.1) is 12.4 Å².